The molecule has 5 nitrogen and oxygen atoms in total. The van der Waals surface area contributed by atoms with Crippen molar-refractivity contribution >= 4 is 28.7 Å². The maximum absolute atomic E-state index is 5.62. The molecule has 0 saturated heterocycles. The number of nitrogens with zero attached hydrogens (tertiary/aromatic N) is 3. The first-order chi connectivity index (χ1) is 6.96. The highest BCUT2D eigenvalue weighted by Gasteiger charge is 2.17. The Morgan fingerprint density at radius 2 is 2.07 bits per heavy atom. The Morgan fingerprint density at radius 1 is 1.33 bits per heavy atom. The van der Waals surface area contributed by atoms with E-state index in [1.54, 1.807) is 18.0 Å². The molecule has 3 N–H and O–H groups in total. The largest absolute Gasteiger partial charge is 0.368 e. The summed E-state index contributed by atoms with van der Waals surface area (Å²) in [5.74, 6) is 0.276. The van der Waals surface area contributed by atoms with Gasteiger partial charge in [0.15, 0.2) is 5.65 Å². The van der Waals surface area contributed by atoms with Crippen LogP contribution in [-0.4, -0.2) is 24.9 Å². The van der Waals surface area contributed by atoms with Crippen molar-refractivity contribution in [3.05, 3.63) is 6.20 Å². The van der Waals surface area contributed by atoms with Gasteiger partial charge in [-0.15, -0.1) is 0 Å². The monoisotopic (exact) mass is 223 g/mol. The Morgan fingerprint density at radius 3 is 2.73 bits per heavy atom. The number of hydrogen-bond acceptors (Lipinski definition) is 5. The highest BCUT2D eigenvalue weighted by atomic mass is 32.2. The molecule has 0 fully saturated rings. The quantitative estimate of drug-likeness (QED) is 0.569. The number of nitrogens with two attached hydrogens (primary N) is 1. The fraction of sp³-hybridized carbons (Fsp3) is 0.444. The van der Waals surface area contributed by atoms with Crippen LogP contribution < -0.4 is 5.73 Å². The number of hydrogen-bond donors (Lipinski definition) is 2. The predicted molar refractivity (Wildman–Crippen MR) is 61.7 cm³/mol. The van der Waals surface area contributed by atoms with E-state index in [-0.39, 0.29) is 10.7 Å². The zero-order valence-corrected chi connectivity index (χ0v) is 9.72. The van der Waals surface area contributed by atoms with Crippen LogP contribution in [0.2, 0.25) is 0 Å². The van der Waals surface area contributed by atoms with Crippen molar-refractivity contribution < 1.29 is 0 Å². The van der Waals surface area contributed by atoms with Gasteiger partial charge in [-0.3, -0.25) is 5.10 Å². The Balaban J connectivity index is 2.53. The van der Waals surface area contributed by atoms with E-state index in [1.165, 1.54) is 0 Å². The zero-order valence-electron chi connectivity index (χ0n) is 8.90. The Labute approximate surface area is 91.9 Å². The lowest BCUT2D eigenvalue weighted by Crippen LogP contribution is -2.08. The van der Waals surface area contributed by atoms with Gasteiger partial charge in [0.05, 0.1) is 11.6 Å². The molecule has 0 aromatic carbocycles. The van der Waals surface area contributed by atoms with Gasteiger partial charge in [-0.2, -0.15) is 10.1 Å². The van der Waals surface area contributed by atoms with E-state index < -0.39 is 0 Å². The summed E-state index contributed by atoms with van der Waals surface area (Å²) in [5, 5.41) is 8.52. The number of nitrogen functional groups attached to an aromatic ring is 1. The van der Waals surface area contributed by atoms with Crippen molar-refractivity contribution in [3.8, 4) is 0 Å². The Kier molecular flexibility index (Phi) is 2.30. The van der Waals surface area contributed by atoms with Crippen molar-refractivity contribution in [1.82, 2.24) is 20.2 Å². The van der Waals surface area contributed by atoms with Crippen LogP contribution in [0.4, 0.5) is 5.95 Å². The van der Waals surface area contributed by atoms with E-state index in [1.807, 2.05) is 0 Å². The third-order valence-electron chi connectivity index (χ3n) is 1.69. The molecule has 0 saturated carbocycles. The summed E-state index contributed by atoms with van der Waals surface area (Å²) in [6.45, 7) is 6.38. The van der Waals surface area contributed by atoms with Gasteiger partial charge in [-0.25, -0.2) is 4.98 Å². The summed E-state index contributed by atoms with van der Waals surface area (Å²) in [4.78, 5) is 8.29. The molecule has 0 bridgehead atoms. The van der Waals surface area contributed by atoms with E-state index >= 15 is 0 Å². The van der Waals surface area contributed by atoms with Crippen LogP contribution in [0.5, 0.6) is 0 Å². The molecular formula is C9H13N5S. The van der Waals surface area contributed by atoms with Crippen molar-refractivity contribution in [2.24, 2.45) is 0 Å². The van der Waals surface area contributed by atoms with E-state index in [4.69, 9.17) is 5.73 Å². The van der Waals surface area contributed by atoms with Crippen LogP contribution in [0.1, 0.15) is 20.8 Å². The topological polar surface area (TPSA) is 80.5 Å². The van der Waals surface area contributed by atoms with Crippen LogP contribution >= 0.6 is 11.8 Å². The average Bonchev–Trinajstić information content (AvgIpc) is 2.48. The van der Waals surface area contributed by atoms with Gasteiger partial charge >= 0.3 is 0 Å². The minimum absolute atomic E-state index is 0.0883. The Hall–Kier alpha value is -1.30. The molecule has 2 rings (SSSR count). The van der Waals surface area contributed by atoms with Gasteiger partial charge in [0.25, 0.3) is 0 Å². The standard InChI is InChI=1S/C9H13N5S/c1-9(2,3)15-7-5-4-11-14-6(5)12-8(10)13-7/h4H,1-3H3,(H3,10,11,12,13,14). The van der Waals surface area contributed by atoms with E-state index in [0.717, 1.165) is 10.4 Å². The lowest BCUT2D eigenvalue weighted by molar-refractivity contribution is 0.800. The summed E-state index contributed by atoms with van der Waals surface area (Å²) in [6.07, 6.45) is 1.73. The maximum atomic E-state index is 5.62. The lowest BCUT2D eigenvalue weighted by Gasteiger charge is -2.16. The number of nitrogens with one attached hydrogen (secondary N) is 1. The van der Waals surface area contributed by atoms with Crippen LogP contribution in [0.3, 0.4) is 0 Å². The first kappa shape index (κ1) is 10.2. The minimum Gasteiger partial charge on any atom is -0.368 e. The molecule has 0 spiro atoms. The number of aromatic nitrogens is 4. The summed E-state index contributed by atoms with van der Waals surface area (Å²) in [7, 11) is 0. The molecule has 0 aliphatic heterocycles. The van der Waals surface area contributed by atoms with Crippen molar-refractivity contribution in [1.29, 1.82) is 0 Å². The third-order valence-corrected chi connectivity index (χ3v) is 2.81. The van der Waals surface area contributed by atoms with Gasteiger partial charge in [-0.05, 0) is 0 Å². The first-order valence-corrected chi connectivity index (χ1v) is 5.43. The minimum atomic E-state index is 0.0883. The molecule has 6 heteroatoms. The van der Waals surface area contributed by atoms with Gasteiger partial charge < -0.3 is 5.73 Å². The molecule has 2 aromatic heterocycles. The van der Waals surface area contributed by atoms with E-state index in [0.29, 0.717) is 5.65 Å². The van der Waals surface area contributed by atoms with E-state index in [2.05, 4.69) is 40.9 Å². The molecule has 15 heavy (non-hydrogen) atoms. The molecule has 0 unspecified atom stereocenters. The second-order valence-electron chi connectivity index (χ2n) is 4.23. The van der Waals surface area contributed by atoms with Gasteiger partial charge in [0.1, 0.15) is 5.03 Å². The molecule has 0 radical (unpaired) electrons. The van der Waals surface area contributed by atoms with Crippen LogP contribution in [0, 0.1) is 0 Å². The summed E-state index contributed by atoms with van der Waals surface area (Å²) < 4.78 is 0.0883. The maximum Gasteiger partial charge on any atom is 0.223 e. The fourth-order valence-electron chi connectivity index (χ4n) is 1.19. The summed E-state index contributed by atoms with van der Waals surface area (Å²) in [6, 6.07) is 0. The van der Waals surface area contributed by atoms with Gasteiger partial charge in [0.2, 0.25) is 5.95 Å². The smallest absolute Gasteiger partial charge is 0.223 e. The molecule has 2 heterocycles. The summed E-state index contributed by atoms with van der Waals surface area (Å²) in [5.41, 5.74) is 6.31. The SMILES string of the molecule is CC(C)(C)Sc1nc(N)nc2[nH]ncc12. The average molecular weight is 223 g/mol. The number of thioether (sulfide) groups is 1. The summed E-state index contributed by atoms with van der Waals surface area (Å²) >= 11 is 1.66. The third kappa shape index (κ3) is 2.20. The molecular weight excluding hydrogens is 210 g/mol. The zero-order chi connectivity index (χ0) is 11.1. The molecule has 0 aliphatic rings. The molecule has 0 amide bonds. The molecule has 0 atom stereocenters. The molecule has 0 aliphatic carbocycles. The van der Waals surface area contributed by atoms with Gasteiger partial charge in [-0.1, -0.05) is 32.5 Å². The lowest BCUT2D eigenvalue weighted by atomic mass is 10.3. The molecule has 2 aromatic rings. The van der Waals surface area contributed by atoms with E-state index in [9.17, 15) is 0 Å². The number of H-pyrrole nitrogens is 1. The second-order valence-corrected chi connectivity index (χ2v) is 6.05. The van der Waals surface area contributed by atoms with Crippen molar-refractivity contribution in [3.63, 3.8) is 0 Å². The molecule has 80 valence electrons. The van der Waals surface area contributed by atoms with Crippen LogP contribution in [0.15, 0.2) is 11.2 Å². The second kappa shape index (κ2) is 3.37. The van der Waals surface area contributed by atoms with Crippen LogP contribution in [-0.2, 0) is 0 Å². The number of anilines is 1. The normalized spacial score (nSPS) is 12.2. The van der Waals surface area contributed by atoms with Crippen LogP contribution in [0.25, 0.3) is 11.0 Å². The van der Waals surface area contributed by atoms with Gasteiger partial charge in [0, 0.05) is 4.75 Å². The number of fused-ring (bicyclic) bond motifs is 1. The number of rotatable bonds is 1. The highest BCUT2D eigenvalue weighted by molar-refractivity contribution is 8.00. The Bertz CT molecular complexity index is 485. The van der Waals surface area contributed by atoms with Crippen molar-refractivity contribution in [2.75, 3.05) is 5.73 Å². The first-order valence-electron chi connectivity index (χ1n) is 4.61. The highest BCUT2D eigenvalue weighted by Crippen LogP contribution is 2.34. The number of aromatic amines is 1. The van der Waals surface area contributed by atoms with Crippen molar-refractivity contribution in [2.45, 2.75) is 30.5 Å². The predicted octanol–water partition coefficient (Wildman–Crippen LogP) is 1.83. The fourth-order valence-corrected chi connectivity index (χ4v) is 2.17.